The van der Waals surface area contributed by atoms with Crippen LogP contribution in [-0.2, 0) is 10.0 Å². The maximum absolute atomic E-state index is 12.3. The molecule has 18 heavy (non-hydrogen) atoms. The van der Waals surface area contributed by atoms with Crippen LogP contribution >= 0.6 is 0 Å². The predicted octanol–water partition coefficient (Wildman–Crippen LogP) is 2.10. The fourth-order valence-electron chi connectivity index (χ4n) is 1.85. The minimum atomic E-state index is -3.48. The van der Waals surface area contributed by atoms with E-state index in [-0.39, 0.29) is 4.90 Å². The second-order valence-electron chi connectivity index (χ2n) is 4.10. The first-order chi connectivity index (χ1) is 8.48. The highest BCUT2D eigenvalue weighted by molar-refractivity contribution is 7.89. The lowest BCUT2D eigenvalue weighted by molar-refractivity contribution is 0.419. The summed E-state index contributed by atoms with van der Waals surface area (Å²) in [6, 6.07) is 10.7. The van der Waals surface area contributed by atoms with Gasteiger partial charge in [0.2, 0.25) is 10.0 Å². The lowest BCUT2D eigenvalue weighted by Crippen LogP contribution is -2.22. The van der Waals surface area contributed by atoms with Gasteiger partial charge in [-0.15, -0.1) is 0 Å². The number of benzene rings is 2. The molecule has 0 saturated heterocycles. The minimum Gasteiger partial charge on any atom is -0.496 e. The molecule has 4 nitrogen and oxygen atoms in total. The van der Waals surface area contributed by atoms with Gasteiger partial charge in [-0.3, -0.25) is 0 Å². The van der Waals surface area contributed by atoms with E-state index in [1.807, 2.05) is 18.2 Å². The lowest BCUT2D eigenvalue weighted by atomic mass is 10.1. The maximum Gasteiger partial charge on any atom is 0.243 e. The Bertz CT molecular complexity index is 672. The number of fused-ring (bicyclic) bond motifs is 1. The van der Waals surface area contributed by atoms with E-state index in [0.717, 1.165) is 5.39 Å². The van der Waals surface area contributed by atoms with E-state index in [2.05, 4.69) is 0 Å². The number of hydrogen-bond donors (Lipinski definition) is 0. The normalized spacial score (nSPS) is 12.0. The Kier molecular flexibility index (Phi) is 3.28. The topological polar surface area (TPSA) is 46.6 Å². The molecule has 0 fully saturated rings. The van der Waals surface area contributed by atoms with E-state index in [0.29, 0.717) is 11.1 Å². The molecule has 2 rings (SSSR count). The summed E-state index contributed by atoms with van der Waals surface area (Å²) in [6.07, 6.45) is 0. The Morgan fingerprint density at radius 3 is 2.22 bits per heavy atom. The van der Waals surface area contributed by atoms with Crippen LogP contribution in [0.2, 0.25) is 0 Å². The van der Waals surface area contributed by atoms with Crippen LogP contribution < -0.4 is 4.74 Å². The summed E-state index contributed by atoms with van der Waals surface area (Å²) in [5, 5.41) is 1.47. The molecular formula is C13H15NO3S. The van der Waals surface area contributed by atoms with Gasteiger partial charge in [0.15, 0.2) is 0 Å². The highest BCUT2D eigenvalue weighted by atomic mass is 32.2. The largest absolute Gasteiger partial charge is 0.496 e. The van der Waals surface area contributed by atoms with E-state index in [9.17, 15) is 8.42 Å². The SMILES string of the molecule is COc1cccc2cccc(S(=O)(=O)N(C)C)c12. The molecule has 96 valence electrons. The fraction of sp³-hybridized carbons (Fsp3) is 0.231. The summed E-state index contributed by atoms with van der Waals surface area (Å²) in [5.74, 6) is 0.563. The zero-order valence-electron chi connectivity index (χ0n) is 10.5. The van der Waals surface area contributed by atoms with Crippen LogP contribution in [0, 0.1) is 0 Å². The second kappa shape index (κ2) is 4.59. The Morgan fingerprint density at radius 1 is 1.06 bits per heavy atom. The average molecular weight is 265 g/mol. The third-order valence-electron chi connectivity index (χ3n) is 2.81. The van der Waals surface area contributed by atoms with Crippen LogP contribution in [0.5, 0.6) is 5.75 Å². The summed E-state index contributed by atoms with van der Waals surface area (Å²) in [4.78, 5) is 0.266. The summed E-state index contributed by atoms with van der Waals surface area (Å²) in [5.41, 5.74) is 0. The molecule has 5 heteroatoms. The molecule has 0 aliphatic carbocycles. The van der Waals surface area contributed by atoms with E-state index in [1.165, 1.54) is 25.5 Å². The smallest absolute Gasteiger partial charge is 0.243 e. The first-order valence-electron chi connectivity index (χ1n) is 5.46. The first-order valence-corrected chi connectivity index (χ1v) is 6.90. The van der Waals surface area contributed by atoms with Crippen molar-refractivity contribution in [2.24, 2.45) is 0 Å². The third-order valence-corrected chi connectivity index (χ3v) is 4.66. The van der Waals surface area contributed by atoms with E-state index in [1.54, 1.807) is 18.2 Å². The fourth-order valence-corrected chi connectivity index (χ4v) is 2.98. The van der Waals surface area contributed by atoms with Gasteiger partial charge in [-0.2, -0.15) is 0 Å². The van der Waals surface area contributed by atoms with Gasteiger partial charge in [-0.25, -0.2) is 12.7 Å². The van der Waals surface area contributed by atoms with Crippen molar-refractivity contribution in [3.8, 4) is 5.75 Å². The third kappa shape index (κ3) is 1.95. The first kappa shape index (κ1) is 12.9. The van der Waals surface area contributed by atoms with Gasteiger partial charge in [-0.05, 0) is 17.5 Å². The second-order valence-corrected chi connectivity index (χ2v) is 6.22. The van der Waals surface area contributed by atoms with Crippen LogP contribution in [0.1, 0.15) is 0 Å². The van der Waals surface area contributed by atoms with Crippen LogP contribution in [0.25, 0.3) is 10.8 Å². The molecule has 0 aliphatic rings. The van der Waals surface area contributed by atoms with Gasteiger partial charge in [0.05, 0.1) is 12.0 Å². The number of sulfonamides is 1. The van der Waals surface area contributed by atoms with Gasteiger partial charge < -0.3 is 4.74 Å². The Labute approximate surface area is 107 Å². The lowest BCUT2D eigenvalue weighted by Gasteiger charge is -2.15. The molecular weight excluding hydrogens is 250 g/mol. The quantitative estimate of drug-likeness (QED) is 0.853. The standard InChI is InChI=1S/C13H15NO3S/c1-14(2)18(15,16)12-9-5-7-10-6-4-8-11(17-3)13(10)12/h4-9H,1-3H3. The number of nitrogens with zero attached hydrogens (tertiary/aromatic N) is 1. The van der Waals surface area contributed by atoms with Crippen molar-refractivity contribution in [1.29, 1.82) is 0 Å². The van der Waals surface area contributed by atoms with Crippen molar-refractivity contribution >= 4 is 20.8 Å². The monoisotopic (exact) mass is 265 g/mol. The van der Waals surface area contributed by atoms with Gasteiger partial charge in [-0.1, -0.05) is 24.3 Å². The molecule has 2 aromatic rings. The minimum absolute atomic E-state index is 0.266. The highest BCUT2D eigenvalue weighted by Gasteiger charge is 2.21. The number of methoxy groups -OCH3 is 1. The highest BCUT2D eigenvalue weighted by Crippen LogP contribution is 2.32. The van der Waals surface area contributed by atoms with Gasteiger partial charge >= 0.3 is 0 Å². The Balaban J connectivity index is 2.88. The van der Waals surface area contributed by atoms with Crippen molar-refractivity contribution in [1.82, 2.24) is 4.31 Å². The molecule has 0 N–H and O–H groups in total. The van der Waals surface area contributed by atoms with Crippen LogP contribution in [0.3, 0.4) is 0 Å². The Hall–Kier alpha value is -1.59. The zero-order valence-corrected chi connectivity index (χ0v) is 11.4. The predicted molar refractivity (Wildman–Crippen MR) is 71.4 cm³/mol. The number of rotatable bonds is 3. The molecule has 0 unspecified atom stereocenters. The van der Waals surface area contributed by atoms with Crippen molar-refractivity contribution in [3.05, 3.63) is 36.4 Å². The van der Waals surface area contributed by atoms with E-state index < -0.39 is 10.0 Å². The number of hydrogen-bond acceptors (Lipinski definition) is 3. The van der Waals surface area contributed by atoms with Crippen LogP contribution in [-0.4, -0.2) is 33.9 Å². The molecule has 0 saturated carbocycles. The molecule has 2 aromatic carbocycles. The van der Waals surface area contributed by atoms with Crippen LogP contribution in [0.4, 0.5) is 0 Å². The molecule has 0 atom stereocenters. The molecule has 0 aromatic heterocycles. The van der Waals surface area contributed by atoms with Crippen molar-refractivity contribution in [2.45, 2.75) is 4.90 Å². The molecule has 0 aliphatic heterocycles. The van der Waals surface area contributed by atoms with Gasteiger partial charge in [0.25, 0.3) is 0 Å². The van der Waals surface area contributed by atoms with Crippen molar-refractivity contribution in [3.63, 3.8) is 0 Å². The summed E-state index contributed by atoms with van der Waals surface area (Å²) in [7, 11) is 1.09. The molecule has 0 radical (unpaired) electrons. The zero-order chi connectivity index (χ0) is 13.3. The van der Waals surface area contributed by atoms with Gasteiger partial charge in [0.1, 0.15) is 5.75 Å². The summed E-state index contributed by atoms with van der Waals surface area (Å²) >= 11 is 0. The average Bonchev–Trinajstić information content (AvgIpc) is 2.37. The number of ether oxygens (including phenoxy) is 1. The summed E-state index contributed by atoms with van der Waals surface area (Å²) < 4.78 is 31.0. The van der Waals surface area contributed by atoms with E-state index in [4.69, 9.17) is 4.74 Å². The van der Waals surface area contributed by atoms with Gasteiger partial charge in [0, 0.05) is 19.5 Å². The molecule has 0 bridgehead atoms. The van der Waals surface area contributed by atoms with E-state index >= 15 is 0 Å². The van der Waals surface area contributed by atoms with Crippen LogP contribution in [0.15, 0.2) is 41.3 Å². The Morgan fingerprint density at radius 2 is 1.67 bits per heavy atom. The molecule has 0 heterocycles. The molecule has 0 amide bonds. The maximum atomic E-state index is 12.3. The summed E-state index contributed by atoms with van der Waals surface area (Å²) in [6.45, 7) is 0. The van der Waals surface area contributed by atoms with Crippen molar-refractivity contribution < 1.29 is 13.2 Å². The van der Waals surface area contributed by atoms with Crippen molar-refractivity contribution in [2.75, 3.05) is 21.2 Å². The molecule has 0 spiro atoms.